The van der Waals surface area contributed by atoms with Gasteiger partial charge in [-0.3, -0.25) is 9.89 Å². The molecule has 174 valence electrons. The van der Waals surface area contributed by atoms with Crippen molar-refractivity contribution >= 4 is 17.3 Å². The largest absolute Gasteiger partial charge is 0.392 e. The lowest BCUT2D eigenvalue weighted by Crippen LogP contribution is -2.40. The molecule has 3 N–H and O–H groups in total. The molecule has 0 saturated heterocycles. The van der Waals surface area contributed by atoms with Crippen molar-refractivity contribution in [1.29, 1.82) is 0 Å². The molecule has 0 amide bonds. The highest BCUT2D eigenvalue weighted by Gasteiger charge is 2.25. The lowest BCUT2D eigenvalue weighted by Gasteiger charge is -2.32. The number of halogens is 1. The molecule has 0 spiro atoms. The highest BCUT2D eigenvalue weighted by Crippen LogP contribution is 2.28. The van der Waals surface area contributed by atoms with Crippen molar-refractivity contribution < 1.29 is 5.11 Å². The molecule has 4 nitrogen and oxygen atoms in total. The second-order valence-electron chi connectivity index (χ2n) is 8.82. The molecule has 0 radical (unpaired) electrons. The first-order valence-corrected chi connectivity index (χ1v) is 12.5. The quantitative estimate of drug-likeness (QED) is 0.409. The van der Waals surface area contributed by atoms with Gasteiger partial charge in [-0.2, -0.15) is 0 Å². The Morgan fingerprint density at radius 2 is 1.87 bits per heavy atom. The molecule has 1 aliphatic carbocycles. The summed E-state index contributed by atoms with van der Waals surface area (Å²) in [5, 5.41) is 11.6. The van der Waals surface area contributed by atoms with Crippen LogP contribution in [0.4, 0.5) is 0 Å². The fourth-order valence-electron chi connectivity index (χ4n) is 4.64. The minimum absolute atomic E-state index is 0.213. The molecule has 2 aliphatic rings. The van der Waals surface area contributed by atoms with Gasteiger partial charge in [0.2, 0.25) is 0 Å². The number of hydrogen-bond acceptors (Lipinski definition) is 4. The number of rotatable bonds is 7. The molecule has 3 rings (SSSR count). The Balaban J connectivity index is 0.00000166. The van der Waals surface area contributed by atoms with Crippen molar-refractivity contribution in [1.82, 2.24) is 4.90 Å². The Kier molecular flexibility index (Phi) is 11.8. The van der Waals surface area contributed by atoms with Crippen LogP contribution in [-0.2, 0) is 0 Å². The molecule has 1 atom stereocenters. The fraction of sp³-hybridized carbons (Fsp3) is 0.654. The Bertz CT molecular complexity index is 723. The van der Waals surface area contributed by atoms with Crippen molar-refractivity contribution in [2.75, 3.05) is 26.7 Å². The minimum Gasteiger partial charge on any atom is -0.392 e. The number of β-amino-alcohol motifs (C(OH)–C–C–N with tert-alkyl or cyclic N) is 1. The minimum atomic E-state index is -0.213. The maximum Gasteiger partial charge on any atom is 0.0695 e. The van der Waals surface area contributed by atoms with E-state index >= 15 is 0 Å². The van der Waals surface area contributed by atoms with Crippen LogP contribution in [-0.4, -0.2) is 48.5 Å². The second kappa shape index (κ2) is 14.1. The summed E-state index contributed by atoms with van der Waals surface area (Å²) >= 11 is 6.47. The van der Waals surface area contributed by atoms with Gasteiger partial charge in [0.05, 0.1) is 11.8 Å². The molecule has 1 aromatic rings. The number of aliphatic imine (C=N–C) groups is 1. The lowest BCUT2D eigenvalue weighted by atomic mass is 9.93. The van der Waals surface area contributed by atoms with Crippen LogP contribution < -0.4 is 5.73 Å². The Morgan fingerprint density at radius 3 is 2.52 bits per heavy atom. The molecule has 0 bridgehead atoms. The third-order valence-corrected chi connectivity index (χ3v) is 6.83. The summed E-state index contributed by atoms with van der Waals surface area (Å²) in [7, 11) is 1.50. The number of nitrogens with two attached hydrogens (primary N) is 1. The van der Waals surface area contributed by atoms with Gasteiger partial charge in [-0.1, -0.05) is 68.8 Å². The van der Waals surface area contributed by atoms with Crippen LogP contribution >= 0.6 is 11.6 Å². The van der Waals surface area contributed by atoms with Gasteiger partial charge < -0.3 is 10.8 Å². The lowest BCUT2D eigenvalue weighted by molar-refractivity contribution is 0.0584. The van der Waals surface area contributed by atoms with E-state index in [4.69, 9.17) is 16.6 Å². The zero-order valence-corrected chi connectivity index (χ0v) is 20.5. The van der Waals surface area contributed by atoms with Crippen molar-refractivity contribution in [2.45, 2.75) is 77.7 Å². The van der Waals surface area contributed by atoms with Gasteiger partial charge in [0.25, 0.3) is 0 Å². The van der Waals surface area contributed by atoms with Crippen LogP contribution in [0.2, 0.25) is 5.02 Å². The second-order valence-corrected chi connectivity index (χ2v) is 9.23. The average Bonchev–Trinajstić information content (AvgIpc) is 3.07. The Hall–Kier alpha value is -1.20. The van der Waals surface area contributed by atoms with Crippen LogP contribution in [0.5, 0.6) is 0 Å². The number of hydrogen-bond donors (Lipinski definition) is 2. The van der Waals surface area contributed by atoms with Gasteiger partial charge in [-0.25, -0.2) is 0 Å². The molecule has 1 unspecified atom stereocenters. The zero-order chi connectivity index (χ0) is 22.6. The summed E-state index contributed by atoms with van der Waals surface area (Å²) in [6, 6.07) is 8.02. The normalized spacial score (nSPS) is 20.1. The predicted octanol–water partition coefficient (Wildman–Crippen LogP) is 5.82. The number of aliphatic hydroxyl groups is 1. The van der Waals surface area contributed by atoms with E-state index in [1.165, 1.54) is 51.1 Å². The van der Waals surface area contributed by atoms with E-state index in [0.717, 1.165) is 60.9 Å². The van der Waals surface area contributed by atoms with E-state index in [-0.39, 0.29) is 6.10 Å². The van der Waals surface area contributed by atoms with Crippen LogP contribution in [0.15, 0.2) is 40.5 Å². The number of benzene rings is 1. The van der Waals surface area contributed by atoms with Crippen molar-refractivity contribution in [3.8, 4) is 0 Å². The zero-order valence-electron chi connectivity index (χ0n) is 19.7. The maximum absolute atomic E-state index is 10.9. The van der Waals surface area contributed by atoms with E-state index in [1.54, 1.807) is 0 Å². The Morgan fingerprint density at radius 1 is 1.19 bits per heavy atom. The molecule has 31 heavy (non-hydrogen) atoms. The highest BCUT2D eigenvalue weighted by atomic mass is 35.5. The topological polar surface area (TPSA) is 61.8 Å². The molecule has 1 saturated carbocycles. The van der Waals surface area contributed by atoms with E-state index in [0.29, 0.717) is 5.92 Å². The summed E-state index contributed by atoms with van der Waals surface area (Å²) in [5.41, 5.74) is 9.16. The highest BCUT2D eigenvalue weighted by molar-refractivity contribution is 6.34. The van der Waals surface area contributed by atoms with E-state index in [2.05, 4.69) is 30.5 Å². The number of aliphatic hydroxyl groups excluding tert-OH is 1. The first-order chi connectivity index (χ1) is 15.1. The van der Waals surface area contributed by atoms with Crippen molar-refractivity contribution in [2.24, 2.45) is 16.6 Å². The molecular weight excluding hydrogens is 406 g/mol. The predicted molar refractivity (Wildman–Crippen MR) is 134 cm³/mol. The van der Waals surface area contributed by atoms with Gasteiger partial charge in [0.1, 0.15) is 0 Å². The van der Waals surface area contributed by atoms with E-state index < -0.39 is 0 Å². The summed E-state index contributed by atoms with van der Waals surface area (Å²) in [6.45, 7) is 7.00. The molecule has 1 aromatic carbocycles. The molecule has 1 fully saturated rings. The van der Waals surface area contributed by atoms with Crippen LogP contribution in [0.3, 0.4) is 0 Å². The molecule has 1 aliphatic heterocycles. The van der Waals surface area contributed by atoms with E-state index in [9.17, 15) is 5.11 Å². The first kappa shape index (κ1) is 26.1. The van der Waals surface area contributed by atoms with Gasteiger partial charge in [0, 0.05) is 35.9 Å². The smallest absolute Gasteiger partial charge is 0.0695 e. The van der Waals surface area contributed by atoms with Crippen molar-refractivity contribution in [3.63, 3.8) is 0 Å². The van der Waals surface area contributed by atoms with Crippen molar-refractivity contribution in [3.05, 3.63) is 46.1 Å². The first-order valence-electron chi connectivity index (χ1n) is 12.1. The Labute approximate surface area is 194 Å². The number of nitrogens with zero attached hydrogens (tertiary/aromatic N) is 2. The average molecular weight is 448 g/mol. The fourth-order valence-corrected chi connectivity index (χ4v) is 4.88. The maximum atomic E-state index is 10.9. The van der Waals surface area contributed by atoms with Gasteiger partial charge >= 0.3 is 0 Å². The molecular formula is C26H42ClN3O. The monoisotopic (exact) mass is 447 g/mol. The van der Waals surface area contributed by atoms with E-state index in [1.807, 2.05) is 18.2 Å². The van der Waals surface area contributed by atoms with Crippen LogP contribution in [0.1, 0.15) is 77.2 Å². The van der Waals surface area contributed by atoms with Crippen LogP contribution in [0, 0.1) is 5.92 Å². The summed E-state index contributed by atoms with van der Waals surface area (Å²) in [4.78, 5) is 7.51. The molecule has 0 aromatic heterocycles. The third-order valence-electron chi connectivity index (χ3n) is 6.50. The third kappa shape index (κ3) is 8.02. The summed E-state index contributed by atoms with van der Waals surface area (Å²) in [6.07, 6.45) is 10.3. The van der Waals surface area contributed by atoms with Crippen LogP contribution in [0.25, 0.3) is 0 Å². The molecule has 1 heterocycles. The van der Waals surface area contributed by atoms with Gasteiger partial charge in [-0.05, 0) is 57.2 Å². The van der Waals surface area contributed by atoms with Gasteiger partial charge in [0.15, 0.2) is 0 Å². The summed E-state index contributed by atoms with van der Waals surface area (Å²) < 4.78 is 0. The van der Waals surface area contributed by atoms with Gasteiger partial charge in [-0.15, -0.1) is 0 Å². The standard InChI is InChI=1S/C25H37ClN2O.CH5N/c1-3-10-23(21-13-8-9-14-22(21)26)27-24-17-28(16-15-19(24)2)18-25(29)20-11-6-4-5-7-12-20;1-2/h8-9,13-14,20,25,29H,3-7,10-12,15-18H2,1-2H3;2H2,1H3. The molecule has 5 heteroatoms. The SMILES string of the molecule is CCCC(=NC1=C(C)CCN(CC(O)C2CCCCCC2)C1)c1ccccc1Cl.CN. The summed E-state index contributed by atoms with van der Waals surface area (Å²) in [5.74, 6) is 0.468.